The molecule has 0 spiro atoms. The SMILES string of the molecule is Cc1cc(C(=O)O)cc(S(=O)(=O)NCc2cnn(C)c2C)c1C. The highest BCUT2D eigenvalue weighted by atomic mass is 32.2. The van der Waals surface area contributed by atoms with Gasteiger partial charge in [0.1, 0.15) is 0 Å². The predicted octanol–water partition coefficient (Wildman–Crippen LogP) is 1.52. The number of hydrogen-bond acceptors (Lipinski definition) is 4. The van der Waals surface area contributed by atoms with Crippen LogP contribution in [0.4, 0.5) is 0 Å². The molecule has 0 atom stereocenters. The van der Waals surface area contributed by atoms with Crippen LogP contribution in [0, 0.1) is 20.8 Å². The van der Waals surface area contributed by atoms with Crippen molar-refractivity contribution < 1.29 is 18.3 Å². The third-order valence-corrected chi connectivity index (χ3v) is 5.47. The van der Waals surface area contributed by atoms with Crippen LogP contribution in [-0.4, -0.2) is 29.3 Å². The average molecular weight is 337 g/mol. The van der Waals surface area contributed by atoms with Gasteiger partial charge in [-0.05, 0) is 44.0 Å². The van der Waals surface area contributed by atoms with Gasteiger partial charge >= 0.3 is 5.97 Å². The van der Waals surface area contributed by atoms with Crippen LogP contribution in [-0.2, 0) is 23.6 Å². The number of aromatic carboxylic acids is 1. The summed E-state index contributed by atoms with van der Waals surface area (Å²) in [7, 11) is -2.05. The smallest absolute Gasteiger partial charge is 0.335 e. The van der Waals surface area contributed by atoms with Gasteiger partial charge in [-0.3, -0.25) is 4.68 Å². The first-order valence-electron chi connectivity index (χ1n) is 6.95. The van der Waals surface area contributed by atoms with Crippen molar-refractivity contribution in [1.82, 2.24) is 14.5 Å². The van der Waals surface area contributed by atoms with Crippen LogP contribution in [0.1, 0.15) is 32.7 Å². The van der Waals surface area contributed by atoms with E-state index in [0.29, 0.717) is 11.1 Å². The van der Waals surface area contributed by atoms with Crippen molar-refractivity contribution >= 4 is 16.0 Å². The van der Waals surface area contributed by atoms with Crippen molar-refractivity contribution in [2.75, 3.05) is 0 Å². The summed E-state index contributed by atoms with van der Waals surface area (Å²) in [5.74, 6) is -1.16. The van der Waals surface area contributed by atoms with Crippen LogP contribution in [0.25, 0.3) is 0 Å². The first-order valence-corrected chi connectivity index (χ1v) is 8.43. The summed E-state index contributed by atoms with van der Waals surface area (Å²) in [6.45, 7) is 5.28. The lowest BCUT2D eigenvalue weighted by atomic mass is 10.1. The molecule has 0 saturated heterocycles. The largest absolute Gasteiger partial charge is 0.478 e. The Morgan fingerprint density at radius 1 is 1.30 bits per heavy atom. The summed E-state index contributed by atoms with van der Waals surface area (Å²) in [6, 6.07) is 2.64. The first-order chi connectivity index (χ1) is 10.6. The van der Waals surface area contributed by atoms with E-state index >= 15 is 0 Å². The van der Waals surface area contributed by atoms with E-state index in [0.717, 1.165) is 11.3 Å². The second-order valence-electron chi connectivity index (χ2n) is 5.42. The number of aryl methyl sites for hydroxylation is 2. The Hall–Kier alpha value is -2.19. The zero-order valence-corrected chi connectivity index (χ0v) is 14.2. The standard InChI is InChI=1S/C15H19N3O4S/c1-9-5-12(15(19)20)6-14(10(9)2)23(21,22)17-8-13-7-16-18(4)11(13)3/h5-7,17H,8H2,1-4H3,(H,19,20). The summed E-state index contributed by atoms with van der Waals surface area (Å²) in [5.41, 5.74) is 2.72. The number of nitrogens with one attached hydrogen (secondary N) is 1. The first kappa shape index (κ1) is 17.2. The molecular formula is C15H19N3O4S. The Balaban J connectivity index is 2.36. The van der Waals surface area contributed by atoms with Crippen LogP contribution < -0.4 is 4.72 Å². The summed E-state index contributed by atoms with van der Waals surface area (Å²) in [5, 5.41) is 13.2. The van der Waals surface area contributed by atoms with E-state index in [1.165, 1.54) is 12.1 Å². The third-order valence-electron chi connectivity index (χ3n) is 3.95. The Morgan fingerprint density at radius 2 is 1.96 bits per heavy atom. The van der Waals surface area contributed by atoms with Gasteiger partial charge in [-0.1, -0.05) is 0 Å². The van der Waals surface area contributed by atoms with Crippen molar-refractivity contribution in [3.05, 3.63) is 46.3 Å². The Bertz CT molecular complexity index is 869. The number of nitrogens with zero attached hydrogens (tertiary/aromatic N) is 2. The van der Waals surface area contributed by atoms with E-state index in [4.69, 9.17) is 5.11 Å². The molecule has 2 aromatic rings. The number of benzene rings is 1. The van der Waals surface area contributed by atoms with Crippen LogP contribution >= 0.6 is 0 Å². The molecule has 0 fully saturated rings. The summed E-state index contributed by atoms with van der Waals surface area (Å²) < 4.78 is 29.2. The summed E-state index contributed by atoms with van der Waals surface area (Å²) in [4.78, 5) is 11.1. The number of aromatic nitrogens is 2. The normalized spacial score (nSPS) is 11.7. The van der Waals surface area contributed by atoms with Gasteiger partial charge in [-0.15, -0.1) is 0 Å². The predicted molar refractivity (Wildman–Crippen MR) is 84.8 cm³/mol. The van der Waals surface area contributed by atoms with Gasteiger partial charge in [0.15, 0.2) is 0 Å². The zero-order valence-electron chi connectivity index (χ0n) is 13.4. The monoisotopic (exact) mass is 337 g/mol. The number of carboxylic acids is 1. The Morgan fingerprint density at radius 3 is 2.48 bits per heavy atom. The summed E-state index contributed by atoms with van der Waals surface area (Å²) in [6.07, 6.45) is 1.60. The lowest BCUT2D eigenvalue weighted by molar-refractivity contribution is 0.0696. The quantitative estimate of drug-likeness (QED) is 0.861. The molecule has 1 heterocycles. The van der Waals surface area contributed by atoms with Crippen molar-refractivity contribution in [3.63, 3.8) is 0 Å². The molecule has 23 heavy (non-hydrogen) atoms. The van der Waals surface area contributed by atoms with Crippen LogP contribution in [0.15, 0.2) is 23.2 Å². The molecule has 0 unspecified atom stereocenters. The topological polar surface area (TPSA) is 101 Å². The van der Waals surface area contributed by atoms with Gasteiger partial charge in [0, 0.05) is 24.8 Å². The number of rotatable bonds is 5. The van der Waals surface area contributed by atoms with E-state index in [-0.39, 0.29) is 17.0 Å². The molecule has 7 nitrogen and oxygen atoms in total. The highest BCUT2D eigenvalue weighted by Gasteiger charge is 2.21. The molecular weight excluding hydrogens is 318 g/mol. The maximum atomic E-state index is 12.5. The van der Waals surface area contributed by atoms with E-state index in [9.17, 15) is 13.2 Å². The van der Waals surface area contributed by atoms with Crippen molar-refractivity contribution in [2.45, 2.75) is 32.2 Å². The van der Waals surface area contributed by atoms with Gasteiger partial charge < -0.3 is 5.11 Å². The molecule has 1 aromatic carbocycles. The molecule has 0 aliphatic rings. The molecule has 2 N–H and O–H groups in total. The molecule has 0 amide bonds. The lowest BCUT2D eigenvalue weighted by Gasteiger charge is -2.12. The minimum Gasteiger partial charge on any atom is -0.478 e. The fourth-order valence-electron chi connectivity index (χ4n) is 2.20. The maximum absolute atomic E-state index is 12.5. The van der Waals surface area contributed by atoms with Crippen LogP contribution in [0.2, 0.25) is 0 Å². The second-order valence-corrected chi connectivity index (χ2v) is 7.16. The minimum absolute atomic E-state index is 0.0172. The van der Waals surface area contributed by atoms with Crippen molar-refractivity contribution in [1.29, 1.82) is 0 Å². The number of sulfonamides is 1. The lowest BCUT2D eigenvalue weighted by Crippen LogP contribution is -2.25. The van der Waals surface area contributed by atoms with Gasteiger partial charge in [0.05, 0.1) is 16.7 Å². The summed E-state index contributed by atoms with van der Waals surface area (Å²) >= 11 is 0. The Labute approximate surface area is 135 Å². The van der Waals surface area contributed by atoms with Crippen LogP contribution in [0.3, 0.4) is 0 Å². The van der Waals surface area contributed by atoms with E-state index in [1.54, 1.807) is 31.8 Å². The molecule has 1 aromatic heterocycles. The fraction of sp³-hybridized carbons (Fsp3) is 0.333. The maximum Gasteiger partial charge on any atom is 0.335 e. The van der Waals surface area contributed by atoms with Crippen molar-refractivity contribution in [2.24, 2.45) is 7.05 Å². The molecule has 0 aliphatic heterocycles. The number of hydrogen-bond donors (Lipinski definition) is 2. The molecule has 0 bridgehead atoms. The molecule has 0 aliphatic carbocycles. The molecule has 0 saturated carbocycles. The van der Waals surface area contributed by atoms with Gasteiger partial charge in [0.25, 0.3) is 0 Å². The van der Waals surface area contributed by atoms with Gasteiger partial charge in [-0.25, -0.2) is 17.9 Å². The minimum atomic E-state index is -3.83. The van der Waals surface area contributed by atoms with Crippen molar-refractivity contribution in [3.8, 4) is 0 Å². The number of carboxylic acid groups (broad SMARTS) is 1. The van der Waals surface area contributed by atoms with Gasteiger partial charge in [0.2, 0.25) is 10.0 Å². The number of carbonyl (C=O) groups is 1. The average Bonchev–Trinajstić information content (AvgIpc) is 2.79. The zero-order chi connectivity index (χ0) is 17.4. The second kappa shape index (κ2) is 6.13. The third kappa shape index (κ3) is 3.43. The Kier molecular flexibility index (Phi) is 4.58. The molecule has 2 rings (SSSR count). The highest BCUT2D eigenvalue weighted by molar-refractivity contribution is 7.89. The fourth-order valence-corrected chi connectivity index (χ4v) is 3.55. The molecule has 124 valence electrons. The van der Waals surface area contributed by atoms with Gasteiger partial charge in [-0.2, -0.15) is 5.10 Å². The molecule has 8 heteroatoms. The van der Waals surface area contributed by atoms with E-state index < -0.39 is 16.0 Å². The van der Waals surface area contributed by atoms with E-state index in [1.807, 2.05) is 6.92 Å². The molecule has 0 radical (unpaired) electrons. The van der Waals surface area contributed by atoms with Crippen LogP contribution in [0.5, 0.6) is 0 Å². The highest BCUT2D eigenvalue weighted by Crippen LogP contribution is 2.21. The van der Waals surface area contributed by atoms with E-state index in [2.05, 4.69) is 9.82 Å².